The van der Waals surface area contributed by atoms with Crippen molar-refractivity contribution in [3.8, 4) is 11.3 Å². The van der Waals surface area contributed by atoms with E-state index in [2.05, 4.69) is 39.4 Å². The number of hydrogen-bond acceptors (Lipinski definition) is 3. The number of nitrogens with one attached hydrogen (secondary N) is 1. The molecule has 0 unspecified atom stereocenters. The van der Waals surface area contributed by atoms with Crippen molar-refractivity contribution < 1.29 is 4.79 Å². The standard InChI is InChI=1S/C19H18N4O/c1-23(16-10-14-4-2-3-5-15(14)11-16)19(24)18-12-17(21-22-18)13-6-8-20-9-7-13/h2-9,12,16H,10-11H2,1H3,(H,21,22). The van der Waals surface area contributed by atoms with Gasteiger partial charge in [-0.1, -0.05) is 24.3 Å². The number of likely N-dealkylation sites (N-methyl/N-ethyl adjacent to an activating group) is 1. The lowest BCUT2D eigenvalue weighted by Gasteiger charge is -2.23. The molecule has 0 aliphatic heterocycles. The lowest BCUT2D eigenvalue weighted by molar-refractivity contribution is 0.0732. The average Bonchev–Trinajstić information content (AvgIpc) is 3.28. The number of rotatable bonds is 3. The molecule has 5 nitrogen and oxygen atoms in total. The molecule has 1 amide bonds. The van der Waals surface area contributed by atoms with Crippen LogP contribution < -0.4 is 0 Å². The van der Waals surface area contributed by atoms with E-state index in [-0.39, 0.29) is 11.9 Å². The Morgan fingerprint density at radius 3 is 2.46 bits per heavy atom. The lowest BCUT2D eigenvalue weighted by Crippen LogP contribution is -2.37. The van der Waals surface area contributed by atoms with Crippen molar-refractivity contribution in [2.24, 2.45) is 0 Å². The van der Waals surface area contributed by atoms with Crippen LogP contribution in [0.1, 0.15) is 21.6 Å². The molecule has 4 rings (SSSR count). The van der Waals surface area contributed by atoms with E-state index in [9.17, 15) is 4.79 Å². The summed E-state index contributed by atoms with van der Waals surface area (Å²) in [5, 5.41) is 7.12. The topological polar surface area (TPSA) is 61.9 Å². The Morgan fingerprint density at radius 1 is 1.12 bits per heavy atom. The van der Waals surface area contributed by atoms with Gasteiger partial charge in [-0.25, -0.2) is 0 Å². The number of aromatic nitrogens is 3. The minimum absolute atomic E-state index is 0.0272. The Morgan fingerprint density at radius 2 is 1.79 bits per heavy atom. The third-order valence-electron chi connectivity index (χ3n) is 4.68. The number of nitrogens with zero attached hydrogens (tertiary/aromatic N) is 3. The van der Waals surface area contributed by atoms with Gasteiger partial charge in [0.25, 0.3) is 5.91 Å². The van der Waals surface area contributed by atoms with E-state index in [4.69, 9.17) is 0 Å². The van der Waals surface area contributed by atoms with Gasteiger partial charge in [-0.05, 0) is 42.2 Å². The fourth-order valence-corrected chi connectivity index (χ4v) is 3.27. The van der Waals surface area contributed by atoms with Crippen LogP contribution >= 0.6 is 0 Å². The second-order valence-electron chi connectivity index (χ2n) is 6.15. The van der Waals surface area contributed by atoms with Crippen molar-refractivity contribution in [3.05, 3.63) is 71.7 Å². The number of hydrogen-bond donors (Lipinski definition) is 1. The minimum atomic E-state index is -0.0272. The first-order valence-corrected chi connectivity index (χ1v) is 8.02. The van der Waals surface area contributed by atoms with Crippen molar-refractivity contribution in [1.82, 2.24) is 20.1 Å². The normalized spacial score (nSPS) is 13.7. The number of amides is 1. The summed E-state index contributed by atoms with van der Waals surface area (Å²) in [5.41, 5.74) is 4.88. The Labute approximate surface area is 140 Å². The molecule has 1 aliphatic rings. The highest BCUT2D eigenvalue weighted by molar-refractivity contribution is 5.93. The summed E-state index contributed by atoms with van der Waals surface area (Å²) in [7, 11) is 1.87. The largest absolute Gasteiger partial charge is 0.337 e. The molecule has 0 saturated carbocycles. The first-order chi connectivity index (χ1) is 11.7. The van der Waals surface area contributed by atoms with Crippen LogP contribution in [0.15, 0.2) is 54.9 Å². The van der Waals surface area contributed by atoms with Gasteiger partial charge in [0.15, 0.2) is 0 Å². The number of aromatic amines is 1. The van der Waals surface area contributed by atoms with Crippen molar-refractivity contribution in [2.75, 3.05) is 7.05 Å². The highest BCUT2D eigenvalue weighted by Gasteiger charge is 2.28. The zero-order chi connectivity index (χ0) is 16.5. The molecule has 3 aromatic rings. The Bertz CT molecular complexity index is 847. The maximum Gasteiger partial charge on any atom is 0.271 e. The summed E-state index contributed by atoms with van der Waals surface area (Å²) in [6.07, 6.45) is 5.24. The van der Waals surface area contributed by atoms with E-state index in [1.165, 1.54) is 11.1 Å². The third kappa shape index (κ3) is 2.58. The van der Waals surface area contributed by atoms with Crippen LogP contribution in [-0.2, 0) is 12.8 Å². The number of fused-ring (bicyclic) bond motifs is 1. The van der Waals surface area contributed by atoms with Crippen LogP contribution in [0.2, 0.25) is 0 Å². The van der Waals surface area contributed by atoms with Crippen molar-refractivity contribution >= 4 is 5.91 Å². The summed E-state index contributed by atoms with van der Waals surface area (Å²) >= 11 is 0. The van der Waals surface area contributed by atoms with Crippen LogP contribution in [0.3, 0.4) is 0 Å². The lowest BCUT2D eigenvalue weighted by atomic mass is 10.1. The molecule has 0 spiro atoms. The predicted molar refractivity (Wildman–Crippen MR) is 91.6 cm³/mol. The van der Waals surface area contributed by atoms with Gasteiger partial charge in [-0.3, -0.25) is 14.9 Å². The molecular weight excluding hydrogens is 300 g/mol. The van der Waals surface area contributed by atoms with Crippen molar-refractivity contribution in [1.29, 1.82) is 0 Å². The second kappa shape index (κ2) is 5.92. The zero-order valence-electron chi connectivity index (χ0n) is 13.4. The van der Waals surface area contributed by atoms with Crippen LogP contribution in [0.5, 0.6) is 0 Å². The molecular formula is C19H18N4O. The van der Waals surface area contributed by atoms with Gasteiger partial charge in [-0.2, -0.15) is 5.10 Å². The van der Waals surface area contributed by atoms with Gasteiger partial charge in [0.1, 0.15) is 5.69 Å². The minimum Gasteiger partial charge on any atom is -0.337 e. The fraction of sp³-hybridized carbons (Fsp3) is 0.211. The summed E-state index contributed by atoms with van der Waals surface area (Å²) < 4.78 is 0. The van der Waals surface area contributed by atoms with Crippen molar-refractivity contribution in [2.45, 2.75) is 18.9 Å². The molecule has 0 saturated heterocycles. The van der Waals surface area contributed by atoms with E-state index >= 15 is 0 Å². The fourth-order valence-electron chi connectivity index (χ4n) is 3.27. The highest BCUT2D eigenvalue weighted by Crippen LogP contribution is 2.26. The molecule has 0 fully saturated rings. The Kier molecular flexibility index (Phi) is 3.61. The number of carbonyl (C=O) groups is 1. The van der Waals surface area contributed by atoms with E-state index in [1.807, 2.05) is 24.1 Å². The Hall–Kier alpha value is -2.95. The molecule has 1 aromatic carbocycles. The van der Waals surface area contributed by atoms with Crippen LogP contribution in [0.25, 0.3) is 11.3 Å². The molecule has 0 atom stereocenters. The van der Waals surface area contributed by atoms with Crippen LogP contribution in [0, 0.1) is 0 Å². The first kappa shape index (κ1) is 14.6. The van der Waals surface area contributed by atoms with E-state index in [0.29, 0.717) is 5.69 Å². The smallest absolute Gasteiger partial charge is 0.271 e. The summed E-state index contributed by atoms with van der Waals surface area (Å²) in [6, 6.07) is 14.1. The molecule has 0 bridgehead atoms. The summed E-state index contributed by atoms with van der Waals surface area (Å²) in [5.74, 6) is -0.0272. The second-order valence-corrected chi connectivity index (χ2v) is 6.15. The molecule has 1 aliphatic carbocycles. The van der Waals surface area contributed by atoms with Gasteiger partial charge in [0.05, 0.1) is 5.69 Å². The Balaban J connectivity index is 1.51. The molecule has 1 N–H and O–H groups in total. The average molecular weight is 318 g/mol. The van der Waals surface area contributed by atoms with Gasteiger partial charge in [0.2, 0.25) is 0 Å². The number of H-pyrrole nitrogens is 1. The first-order valence-electron chi connectivity index (χ1n) is 8.02. The van der Waals surface area contributed by atoms with E-state index < -0.39 is 0 Å². The van der Waals surface area contributed by atoms with E-state index in [0.717, 1.165) is 24.1 Å². The zero-order valence-corrected chi connectivity index (χ0v) is 13.4. The molecule has 5 heteroatoms. The molecule has 120 valence electrons. The SMILES string of the molecule is CN(C(=O)c1cc(-c2ccncc2)n[nH]1)C1Cc2ccccc2C1. The molecule has 2 aromatic heterocycles. The van der Waals surface area contributed by atoms with Gasteiger partial charge >= 0.3 is 0 Å². The van der Waals surface area contributed by atoms with E-state index in [1.54, 1.807) is 18.5 Å². The number of carbonyl (C=O) groups excluding carboxylic acids is 1. The summed E-state index contributed by atoms with van der Waals surface area (Å²) in [6.45, 7) is 0. The quantitative estimate of drug-likeness (QED) is 0.807. The van der Waals surface area contributed by atoms with Crippen molar-refractivity contribution in [3.63, 3.8) is 0 Å². The number of benzene rings is 1. The number of pyridine rings is 1. The molecule has 24 heavy (non-hydrogen) atoms. The predicted octanol–water partition coefficient (Wildman–Crippen LogP) is 2.71. The molecule has 0 radical (unpaired) electrons. The van der Waals surface area contributed by atoms with Gasteiger partial charge < -0.3 is 4.90 Å². The van der Waals surface area contributed by atoms with Crippen LogP contribution in [0.4, 0.5) is 0 Å². The summed E-state index contributed by atoms with van der Waals surface area (Å²) in [4.78, 5) is 18.6. The highest BCUT2D eigenvalue weighted by atomic mass is 16.2. The monoisotopic (exact) mass is 318 g/mol. The third-order valence-corrected chi connectivity index (χ3v) is 4.68. The maximum atomic E-state index is 12.8. The van der Waals surface area contributed by atoms with Gasteiger partial charge in [0, 0.05) is 31.0 Å². The van der Waals surface area contributed by atoms with Crippen LogP contribution in [-0.4, -0.2) is 39.1 Å². The maximum absolute atomic E-state index is 12.8. The molecule has 2 heterocycles. The van der Waals surface area contributed by atoms with Gasteiger partial charge in [-0.15, -0.1) is 0 Å².